The minimum atomic E-state index is 0.579. The number of ether oxygens (including phenoxy) is 2. The number of aromatic nitrogens is 3. The van der Waals surface area contributed by atoms with E-state index in [1.165, 1.54) is 0 Å². The van der Waals surface area contributed by atoms with Crippen molar-refractivity contribution in [3.63, 3.8) is 0 Å². The Morgan fingerprint density at radius 1 is 1.07 bits per heavy atom. The van der Waals surface area contributed by atoms with Gasteiger partial charge in [0.05, 0.1) is 38.1 Å². The van der Waals surface area contributed by atoms with Gasteiger partial charge in [0.15, 0.2) is 0 Å². The van der Waals surface area contributed by atoms with Crippen LogP contribution in [0.4, 0.5) is 0 Å². The molecule has 0 atom stereocenters. The van der Waals surface area contributed by atoms with E-state index in [2.05, 4.69) is 21.6 Å². The molecule has 0 saturated carbocycles. The largest absolute Gasteiger partial charge is 0.497 e. The summed E-state index contributed by atoms with van der Waals surface area (Å²) in [6.07, 6.45) is 0. The zero-order valence-corrected chi connectivity index (χ0v) is 16.5. The van der Waals surface area contributed by atoms with Crippen LogP contribution >= 0.6 is 0 Å². The minimum Gasteiger partial charge on any atom is -0.497 e. The zero-order chi connectivity index (χ0) is 19.7. The summed E-state index contributed by atoms with van der Waals surface area (Å²) in [5.74, 6) is 2.06. The molecule has 7 heteroatoms. The predicted octanol–water partition coefficient (Wildman–Crippen LogP) is 3.48. The third kappa shape index (κ3) is 3.10. The third-order valence-corrected chi connectivity index (χ3v) is 4.61. The summed E-state index contributed by atoms with van der Waals surface area (Å²) >= 11 is 0. The number of rotatable bonds is 6. The molecule has 1 N–H and O–H groups in total. The van der Waals surface area contributed by atoms with Gasteiger partial charge in [-0.25, -0.2) is 9.97 Å². The van der Waals surface area contributed by atoms with E-state index in [9.17, 15) is 0 Å². The fraction of sp³-hybridized carbons (Fsp3) is 0.300. The van der Waals surface area contributed by atoms with E-state index < -0.39 is 0 Å². The fourth-order valence-corrected chi connectivity index (χ4v) is 3.23. The smallest absolute Gasteiger partial charge is 0.149 e. The summed E-state index contributed by atoms with van der Waals surface area (Å²) in [6.45, 7) is 9.99. The number of nitrogens with zero attached hydrogens (tertiary/aromatic N) is 3. The molecule has 0 saturated heterocycles. The van der Waals surface area contributed by atoms with E-state index in [4.69, 9.17) is 19.3 Å². The normalized spacial score (nSPS) is 10.9. The van der Waals surface area contributed by atoms with Crippen LogP contribution in [-0.2, 0) is 4.84 Å². The SMILES string of the molecule is C=C(NOC)c1nc(C)nc2c1c(C)c(C)n2-c1ccc(OC)cc1OC. The van der Waals surface area contributed by atoms with Gasteiger partial charge in [0.2, 0.25) is 0 Å². The van der Waals surface area contributed by atoms with Gasteiger partial charge in [-0.1, -0.05) is 6.58 Å². The molecule has 0 spiro atoms. The van der Waals surface area contributed by atoms with Crippen LogP contribution in [0.5, 0.6) is 11.5 Å². The van der Waals surface area contributed by atoms with Crippen molar-refractivity contribution in [3.05, 3.63) is 47.6 Å². The van der Waals surface area contributed by atoms with Crippen molar-refractivity contribution in [2.75, 3.05) is 21.3 Å². The standard InChI is InChI=1S/C20H24N4O3/c1-11-13(3)24(16-9-8-15(25-5)10-17(16)26-6)20-18(11)19(12(2)23-27-7)21-14(4)22-20/h8-10,23H,2H2,1,3-7H3. The number of nitrogens with one attached hydrogen (secondary N) is 1. The van der Waals surface area contributed by atoms with Crippen molar-refractivity contribution in [1.29, 1.82) is 0 Å². The van der Waals surface area contributed by atoms with Crippen LogP contribution in [0.1, 0.15) is 22.8 Å². The van der Waals surface area contributed by atoms with Crippen LogP contribution in [0.15, 0.2) is 24.8 Å². The van der Waals surface area contributed by atoms with Crippen molar-refractivity contribution in [1.82, 2.24) is 20.0 Å². The Kier molecular flexibility index (Phi) is 5.05. The van der Waals surface area contributed by atoms with Gasteiger partial charge in [-0.2, -0.15) is 0 Å². The Balaban J connectivity index is 2.36. The topological polar surface area (TPSA) is 70.4 Å². The first kappa shape index (κ1) is 18.7. The van der Waals surface area contributed by atoms with Gasteiger partial charge >= 0.3 is 0 Å². The number of aryl methyl sites for hydroxylation is 2. The highest BCUT2D eigenvalue weighted by molar-refractivity contribution is 5.93. The fourth-order valence-electron chi connectivity index (χ4n) is 3.23. The first-order chi connectivity index (χ1) is 12.9. The van der Waals surface area contributed by atoms with Gasteiger partial charge in [0, 0.05) is 11.8 Å². The monoisotopic (exact) mass is 368 g/mol. The second-order valence-corrected chi connectivity index (χ2v) is 6.19. The number of hydroxylamine groups is 1. The highest BCUT2D eigenvalue weighted by atomic mass is 16.6. The number of benzene rings is 1. The summed E-state index contributed by atoms with van der Waals surface area (Å²) in [6, 6.07) is 5.72. The molecule has 2 heterocycles. The molecule has 7 nitrogen and oxygen atoms in total. The second kappa shape index (κ2) is 7.28. The average Bonchev–Trinajstić information content (AvgIpc) is 2.91. The van der Waals surface area contributed by atoms with Gasteiger partial charge in [0.25, 0.3) is 0 Å². The molecule has 0 radical (unpaired) electrons. The Bertz CT molecular complexity index is 1020. The summed E-state index contributed by atoms with van der Waals surface area (Å²) < 4.78 is 13.0. The quantitative estimate of drug-likeness (QED) is 0.672. The minimum absolute atomic E-state index is 0.579. The number of methoxy groups -OCH3 is 2. The lowest BCUT2D eigenvalue weighted by atomic mass is 10.1. The molecule has 3 aromatic rings. The van der Waals surface area contributed by atoms with Crippen molar-refractivity contribution in [2.24, 2.45) is 0 Å². The first-order valence-electron chi connectivity index (χ1n) is 8.49. The molecule has 27 heavy (non-hydrogen) atoms. The highest BCUT2D eigenvalue weighted by Gasteiger charge is 2.22. The van der Waals surface area contributed by atoms with Gasteiger partial charge in [0.1, 0.15) is 28.7 Å². The molecular weight excluding hydrogens is 344 g/mol. The lowest BCUT2D eigenvalue weighted by Gasteiger charge is -2.14. The summed E-state index contributed by atoms with van der Waals surface area (Å²) in [4.78, 5) is 14.3. The van der Waals surface area contributed by atoms with Crippen molar-refractivity contribution < 1.29 is 14.3 Å². The Labute approximate surface area is 158 Å². The average molecular weight is 368 g/mol. The van der Waals surface area contributed by atoms with Crippen LogP contribution < -0.4 is 15.0 Å². The number of fused-ring (bicyclic) bond motifs is 1. The van der Waals surface area contributed by atoms with E-state index in [0.29, 0.717) is 23.0 Å². The van der Waals surface area contributed by atoms with Gasteiger partial charge in [-0.3, -0.25) is 14.9 Å². The summed E-state index contributed by atoms with van der Waals surface area (Å²) in [7, 11) is 4.82. The number of hydrogen-bond donors (Lipinski definition) is 1. The van der Waals surface area contributed by atoms with E-state index in [1.54, 1.807) is 21.3 Å². The molecule has 142 valence electrons. The highest BCUT2D eigenvalue weighted by Crippen LogP contribution is 2.35. The lowest BCUT2D eigenvalue weighted by molar-refractivity contribution is 0.136. The van der Waals surface area contributed by atoms with Crippen molar-refractivity contribution in [3.8, 4) is 17.2 Å². The molecule has 0 amide bonds. The summed E-state index contributed by atoms with van der Waals surface area (Å²) in [5.41, 5.74) is 7.85. The van der Waals surface area contributed by atoms with E-state index in [0.717, 1.165) is 33.7 Å². The summed E-state index contributed by atoms with van der Waals surface area (Å²) in [5, 5.41) is 0.922. The zero-order valence-electron chi connectivity index (χ0n) is 16.5. The maximum absolute atomic E-state index is 5.61. The Morgan fingerprint density at radius 2 is 1.81 bits per heavy atom. The molecule has 0 aliphatic rings. The van der Waals surface area contributed by atoms with Crippen LogP contribution in [0, 0.1) is 20.8 Å². The van der Waals surface area contributed by atoms with E-state index in [1.807, 2.05) is 39.0 Å². The molecule has 3 rings (SSSR count). The van der Waals surface area contributed by atoms with Gasteiger partial charge < -0.3 is 9.47 Å². The first-order valence-corrected chi connectivity index (χ1v) is 8.49. The number of hydrogen-bond acceptors (Lipinski definition) is 6. The molecule has 0 unspecified atom stereocenters. The van der Waals surface area contributed by atoms with Crippen LogP contribution in [0.2, 0.25) is 0 Å². The van der Waals surface area contributed by atoms with E-state index in [-0.39, 0.29) is 0 Å². The van der Waals surface area contributed by atoms with Crippen LogP contribution in [0.25, 0.3) is 22.4 Å². The molecule has 1 aromatic carbocycles. The molecule has 0 aliphatic heterocycles. The predicted molar refractivity (Wildman–Crippen MR) is 105 cm³/mol. The van der Waals surface area contributed by atoms with Crippen LogP contribution in [-0.4, -0.2) is 35.9 Å². The van der Waals surface area contributed by atoms with E-state index >= 15 is 0 Å². The molecule has 0 bridgehead atoms. The molecule has 0 fully saturated rings. The van der Waals surface area contributed by atoms with Crippen molar-refractivity contribution in [2.45, 2.75) is 20.8 Å². The Hall–Kier alpha value is -3.06. The Morgan fingerprint density at radius 3 is 2.44 bits per heavy atom. The molecule has 0 aliphatic carbocycles. The maximum atomic E-state index is 5.61. The van der Waals surface area contributed by atoms with Crippen molar-refractivity contribution >= 4 is 16.7 Å². The van der Waals surface area contributed by atoms with Crippen LogP contribution in [0.3, 0.4) is 0 Å². The second-order valence-electron chi connectivity index (χ2n) is 6.19. The lowest BCUT2D eigenvalue weighted by Crippen LogP contribution is -2.12. The third-order valence-electron chi connectivity index (χ3n) is 4.61. The maximum Gasteiger partial charge on any atom is 0.149 e. The van der Waals surface area contributed by atoms with Gasteiger partial charge in [-0.05, 0) is 38.5 Å². The molecule has 2 aromatic heterocycles. The molecular formula is C20H24N4O3. The van der Waals surface area contributed by atoms with Gasteiger partial charge in [-0.15, -0.1) is 0 Å².